The highest BCUT2D eigenvalue weighted by atomic mass is 35.5. The first-order valence-corrected chi connectivity index (χ1v) is 5.09. The average molecular weight is 239 g/mol. The van der Waals surface area contributed by atoms with E-state index >= 15 is 0 Å². The molecule has 0 saturated carbocycles. The Morgan fingerprint density at radius 1 is 1.07 bits per heavy atom. The van der Waals surface area contributed by atoms with Gasteiger partial charge in [0, 0.05) is 21.8 Å². The molecule has 4 heteroatoms. The van der Waals surface area contributed by atoms with Crippen molar-refractivity contribution in [2.45, 2.75) is 0 Å². The molecule has 0 aliphatic heterocycles. The monoisotopic (exact) mass is 238 g/mol. The Hall–Kier alpha value is -1.25. The third kappa shape index (κ3) is 2.22. The first-order valence-electron chi connectivity index (χ1n) is 4.34. The van der Waals surface area contributed by atoms with E-state index in [4.69, 9.17) is 28.9 Å². The quantitative estimate of drug-likeness (QED) is 0.825. The van der Waals surface area contributed by atoms with Gasteiger partial charge in [-0.25, -0.2) is 4.98 Å². The Morgan fingerprint density at radius 3 is 2.53 bits per heavy atom. The highest BCUT2D eigenvalue weighted by molar-refractivity contribution is 6.36. The summed E-state index contributed by atoms with van der Waals surface area (Å²) >= 11 is 11.9. The van der Waals surface area contributed by atoms with Gasteiger partial charge >= 0.3 is 0 Å². The zero-order valence-corrected chi connectivity index (χ0v) is 9.26. The Balaban J connectivity index is 2.54. The summed E-state index contributed by atoms with van der Waals surface area (Å²) in [5, 5.41) is 1.22. The predicted octanol–water partition coefficient (Wildman–Crippen LogP) is 3.64. The van der Waals surface area contributed by atoms with Crippen LogP contribution < -0.4 is 5.73 Å². The molecule has 0 radical (unpaired) electrons. The van der Waals surface area contributed by atoms with Gasteiger partial charge in [-0.2, -0.15) is 0 Å². The molecule has 0 aliphatic rings. The minimum absolute atomic E-state index is 0.471. The summed E-state index contributed by atoms with van der Waals surface area (Å²) in [7, 11) is 0. The van der Waals surface area contributed by atoms with Gasteiger partial charge in [0.25, 0.3) is 0 Å². The van der Waals surface area contributed by atoms with Gasteiger partial charge in [-0.15, -0.1) is 0 Å². The Bertz CT molecular complexity index is 498. The standard InChI is InChI=1S/C11H8Cl2N2/c12-8-1-2-9(10(13)6-8)7-3-4-15-11(14)5-7/h1-6H,(H2,14,15). The van der Waals surface area contributed by atoms with Gasteiger partial charge in [0.2, 0.25) is 0 Å². The summed E-state index contributed by atoms with van der Waals surface area (Å²) in [6, 6.07) is 8.98. The van der Waals surface area contributed by atoms with E-state index in [2.05, 4.69) is 4.98 Å². The predicted molar refractivity (Wildman–Crippen MR) is 64.1 cm³/mol. The largest absolute Gasteiger partial charge is 0.384 e. The third-order valence-electron chi connectivity index (χ3n) is 2.02. The van der Waals surface area contributed by atoms with E-state index in [0.717, 1.165) is 11.1 Å². The van der Waals surface area contributed by atoms with E-state index in [9.17, 15) is 0 Å². The van der Waals surface area contributed by atoms with Crippen molar-refractivity contribution >= 4 is 29.0 Å². The summed E-state index contributed by atoms with van der Waals surface area (Å²) in [5.41, 5.74) is 7.43. The van der Waals surface area contributed by atoms with Crippen molar-refractivity contribution in [2.24, 2.45) is 0 Å². The fourth-order valence-corrected chi connectivity index (χ4v) is 1.86. The van der Waals surface area contributed by atoms with E-state index in [0.29, 0.717) is 15.9 Å². The first kappa shape index (κ1) is 10.3. The number of hydrogen-bond donors (Lipinski definition) is 1. The van der Waals surface area contributed by atoms with E-state index in [1.165, 1.54) is 0 Å². The molecule has 1 heterocycles. The van der Waals surface area contributed by atoms with Gasteiger partial charge in [-0.05, 0) is 29.8 Å². The van der Waals surface area contributed by atoms with Crippen LogP contribution in [0.1, 0.15) is 0 Å². The minimum Gasteiger partial charge on any atom is -0.384 e. The molecule has 2 N–H and O–H groups in total. The smallest absolute Gasteiger partial charge is 0.123 e. The number of benzene rings is 1. The van der Waals surface area contributed by atoms with Gasteiger partial charge in [0.05, 0.1) is 0 Å². The molecule has 2 nitrogen and oxygen atoms in total. The maximum absolute atomic E-state index is 6.07. The van der Waals surface area contributed by atoms with Crippen molar-refractivity contribution in [1.29, 1.82) is 0 Å². The summed E-state index contributed by atoms with van der Waals surface area (Å²) in [4.78, 5) is 3.92. The number of rotatable bonds is 1. The molecule has 0 saturated heterocycles. The van der Waals surface area contributed by atoms with Crippen LogP contribution in [0.25, 0.3) is 11.1 Å². The second kappa shape index (κ2) is 4.09. The molecule has 0 bridgehead atoms. The third-order valence-corrected chi connectivity index (χ3v) is 2.57. The van der Waals surface area contributed by atoms with E-state index in [-0.39, 0.29) is 0 Å². The zero-order valence-electron chi connectivity index (χ0n) is 7.74. The molecule has 0 spiro atoms. The summed E-state index contributed by atoms with van der Waals surface area (Å²) in [5.74, 6) is 0.471. The molecule has 0 unspecified atom stereocenters. The Labute approximate surface area is 97.7 Å². The van der Waals surface area contributed by atoms with Crippen molar-refractivity contribution in [1.82, 2.24) is 4.98 Å². The molecule has 0 fully saturated rings. The van der Waals surface area contributed by atoms with Gasteiger partial charge in [0.1, 0.15) is 5.82 Å². The lowest BCUT2D eigenvalue weighted by atomic mass is 10.1. The zero-order chi connectivity index (χ0) is 10.8. The number of pyridine rings is 1. The number of hydrogen-bond acceptors (Lipinski definition) is 2. The van der Waals surface area contributed by atoms with Crippen LogP contribution in [-0.4, -0.2) is 4.98 Å². The molecule has 0 atom stereocenters. The lowest BCUT2D eigenvalue weighted by molar-refractivity contribution is 1.34. The van der Waals surface area contributed by atoms with Gasteiger partial charge in [0.15, 0.2) is 0 Å². The van der Waals surface area contributed by atoms with Crippen molar-refractivity contribution < 1.29 is 0 Å². The van der Waals surface area contributed by atoms with Gasteiger partial charge in [-0.3, -0.25) is 0 Å². The van der Waals surface area contributed by atoms with Gasteiger partial charge in [-0.1, -0.05) is 29.3 Å². The van der Waals surface area contributed by atoms with Crippen LogP contribution >= 0.6 is 23.2 Å². The van der Waals surface area contributed by atoms with Crippen LogP contribution in [0.5, 0.6) is 0 Å². The normalized spacial score (nSPS) is 10.3. The van der Waals surface area contributed by atoms with Crippen LogP contribution in [0.15, 0.2) is 36.5 Å². The molecular weight excluding hydrogens is 231 g/mol. The molecule has 76 valence electrons. The molecule has 2 rings (SSSR count). The summed E-state index contributed by atoms with van der Waals surface area (Å²) in [6.07, 6.45) is 1.65. The van der Waals surface area contributed by atoms with E-state index < -0.39 is 0 Å². The second-order valence-corrected chi connectivity index (χ2v) is 3.94. The fourth-order valence-electron chi connectivity index (χ4n) is 1.34. The number of halogens is 2. The number of nitrogens with zero attached hydrogens (tertiary/aromatic N) is 1. The van der Waals surface area contributed by atoms with Crippen LogP contribution in [0, 0.1) is 0 Å². The molecule has 15 heavy (non-hydrogen) atoms. The second-order valence-electron chi connectivity index (χ2n) is 3.09. The van der Waals surface area contributed by atoms with E-state index in [1.54, 1.807) is 24.4 Å². The van der Waals surface area contributed by atoms with Crippen molar-refractivity contribution in [3.8, 4) is 11.1 Å². The average Bonchev–Trinajstić information content (AvgIpc) is 2.17. The summed E-state index contributed by atoms with van der Waals surface area (Å²) < 4.78 is 0. The minimum atomic E-state index is 0.471. The number of nitrogens with two attached hydrogens (primary N) is 1. The molecule has 0 aliphatic carbocycles. The summed E-state index contributed by atoms with van der Waals surface area (Å²) in [6.45, 7) is 0. The Kier molecular flexibility index (Phi) is 2.80. The van der Waals surface area contributed by atoms with Crippen LogP contribution in [-0.2, 0) is 0 Å². The SMILES string of the molecule is Nc1cc(-c2ccc(Cl)cc2Cl)ccn1. The lowest BCUT2D eigenvalue weighted by Crippen LogP contribution is -1.89. The molecule has 2 aromatic rings. The Morgan fingerprint density at radius 2 is 1.87 bits per heavy atom. The van der Waals surface area contributed by atoms with Crippen molar-refractivity contribution in [3.05, 3.63) is 46.6 Å². The van der Waals surface area contributed by atoms with Crippen LogP contribution in [0.3, 0.4) is 0 Å². The molecular formula is C11H8Cl2N2. The maximum atomic E-state index is 6.07. The highest BCUT2D eigenvalue weighted by Gasteiger charge is 2.04. The maximum Gasteiger partial charge on any atom is 0.123 e. The highest BCUT2D eigenvalue weighted by Crippen LogP contribution is 2.30. The number of nitrogen functional groups attached to an aromatic ring is 1. The van der Waals surface area contributed by atoms with Crippen LogP contribution in [0.4, 0.5) is 5.82 Å². The van der Waals surface area contributed by atoms with E-state index in [1.807, 2.05) is 12.1 Å². The number of anilines is 1. The molecule has 1 aromatic heterocycles. The van der Waals surface area contributed by atoms with Crippen LogP contribution in [0.2, 0.25) is 10.0 Å². The van der Waals surface area contributed by atoms with Crippen molar-refractivity contribution in [2.75, 3.05) is 5.73 Å². The lowest BCUT2D eigenvalue weighted by Gasteiger charge is -2.05. The molecule has 0 amide bonds. The fraction of sp³-hybridized carbons (Fsp3) is 0. The topological polar surface area (TPSA) is 38.9 Å². The first-order chi connectivity index (χ1) is 7.16. The van der Waals surface area contributed by atoms with Crippen molar-refractivity contribution in [3.63, 3.8) is 0 Å². The van der Waals surface area contributed by atoms with Gasteiger partial charge < -0.3 is 5.73 Å². The molecule has 1 aromatic carbocycles. The number of aromatic nitrogens is 1.